The number of benzene rings is 2. The van der Waals surface area contributed by atoms with E-state index in [9.17, 15) is 9.59 Å². The van der Waals surface area contributed by atoms with Crippen molar-refractivity contribution in [1.82, 2.24) is 19.7 Å². The average molecular weight is 456 g/mol. The molecule has 0 radical (unpaired) electrons. The molecular weight excluding hydrogens is 438 g/mol. The summed E-state index contributed by atoms with van der Waals surface area (Å²) in [4.78, 5) is 27.0. The van der Waals surface area contributed by atoms with E-state index in [0.717, 1.165) is 5.69 Å². The normalized spacial score (nSPS) is 11.0. The Balaban J connectivity index is 1.45. The first-order valence-corrected chi connectivity index (χ1v) is 10.6. The van der Waals surface area contributed by atoms with Crippen LogP contribution in [0, 0.1) is 0 Å². The summed E-state index contributed by atoms with van der Waals surface area (Å²) in [7, 11) is 1.86. The number of aromatic amines is 1. The zero-order valence-corrected chi connectivity index (χ0v) is 18.0. The lowest BCUT2D eigenvalue weighted by Gasteiger charge is -2.07. The molecule has 0 aliphatic carbocycles. The summed E-state index contributed by atoms with van der Waals surface area (Å²) < 4.78 is 7.57. The van der Waals surface area contributed by atoms with E-state index in [0.29, 0.717) is 44.0 Å². The fourth-order valence-corrected chi connectivity index (χ4v) is 3.91. The van der Waals surface area contributed by atoms with Gasteiger partial charge >= 0.3 is 0 Å². The Labute approximate surface area is 186 Å². The van der Waals surface area contributed by atoms with Crippen LogP contribution in [0.5, 0.6) is 5.75 Å². The van der Waals surface area contributed by atoms with Crippen LogP contribution in [-0.2, 0) is 19.4 Å². The number of carbonyl (C=O) groups is 1. The molecule has 0 saturated carbocycles. The molecule has 8 nitrogen and oxygen atoms in total. The van der Waals surface area contributed by atoms with Crippen LogP contribution in [0.4, 0.5) is 0 Å². The zero-order valence-electron chi connectivity index (χ0n) is 16.5. The molecule has 1 amide bonds. The van der Waals surface area contributed by atoms with Crippen LogP contribution in [0.2, 0.25) is 5.02 Å². The lowest BCUT2D eigenvalue weighted by molar-refractivity contribution is 0.100. The second-order valence-corrected chi connectivity index (χ2v) is 8.15. The first kappa shape index (κ1) is 21.0. The first-order valence-electron chi connectivity index (χ1n) is 9.26. The van der Waals surface area contributed by atoms with Crippen molar-refractivity contribution in [2.45, 2.75) is 17.5 Å². The van der Waals surface area contributed by atoms with Crippen molar-refractivity contribution >= 4 is 40.2 Å². The van der Waals surface area contributed by atoms with Gasteiger partial charge in [0.15, 0.2) is 16.4 Å². The Kier molecular flexibility index (Phi) is 5.97. The van der Waals surface area contributed by atoms with Crippen LogP contribution in [0.15, 0.2) is 58.5 Å². The highest BCUT2D eigenvalue weighted by Gasteiger charge is 2.12. The molecule has 4 aromatic rings. The van der Waals surface area contributed by atoms with Crippen LogP contribution in [0.1, 0.15) is 21.9 Å². The Morgan fingerprint density at radius 1 is 1.19 bits per heavy atom. The second kappa shape index (κ2) is 8.83. The molecule has 10 heteroatoms. The molecule has 31 heavy (non-hydrogen) atoms. The van der Waals surface area contributed by atoms with Gasteiger partial charge < -0.3 is 20.0 Å². The van der Waals surface area contributed by atoms with E-state index in [1.165, 1.54) is 23.9 Å². The van der Waals surface area contributed by atoms with Gasteiger partial charge in [-0.25, -0.2) is 0 Å². The monoisotopic (exact) mass is 455 g/mol. The molecule has 0 spiro atoms. The standard InChI is InChI=1S/C21H18ClN5O3S/c1-27-19(10-30-15-5-3-13(22)4-6-15)25-26-21(27)31-11-14-9-18(28)16-8-12(20(23)29)2-7-17(16)24-14/h2-9H,10-11H2,1H3,(H2,23,29)(H,24,28). The third kappa shape index (κ3) is 4.73. The fourth-order valence-electron chi connectivity index (χ4n) is 2.95. The number of nitrogens with zero attached hydrogens (tertiary/aromatic N) is 3. The number of nitrogens with one attached hydrogen (secondary N) is 1. The SMILES string of the molecule is Cn1c(COc2ccc(Cl)cc2)nnc1SCc1cc(=O)c2cc(C(N)=O)ccc2[nH]1. The minimum absolute atomic E-state index is 0.178. The molecule has 2 heterocycles. The van der Waals surface area contributed by atoms with Gasteiger partial charge in [0.05, 0.1) is 0 Å². The summed E-state index contributed by atoms with van der Waals surface area (Å²) in [6, 6.07) is 13.4. The van der Waals surface area contributed by atoms with Crippen LogP contribution >= 0.6 is 23.4 Å². The van der Waals surface area contributed by atoms with E-state index in [1.54, 1.807) is 36.4 Å². The number of hydrogen-bond acceptors (Lipinski definition) is 6. The van der Waals surface area contributed by atoms with Gasteiger partial charge in [-0.15, -0.1) is 10.2 Å². The molecule has 2 aromatic carbocycles. The largest absolute Gasteiger partial charge is 0.486 e. The van der Waals surface area contributed by atoms with Gasteiger partial charge in [0.25, 0.3) is 0 Å². The van der Waals surface area contributed by atoms with Crippen molar-refractivity contribution in [3.8, 4) is 5.75 Å². The Bertz CT molecular complexity index is 1320. The van der Waals surface area contributed by atoms with Gasteiger partial charge in [-0.2, -0.15) is 0 Å². The number of fused-ring (bicyclic) bond motifs is 1. The van der Waals surface area contributed by atoms with Crippen molar-refractivity contribution in [3.05, 3.63) is 80.9 Å². The van der Waals surface area contributed by atoms with E-state index in [2.05, 4.69) is 15.2 Å². The van der Waals surface area contributed by atoms with Crippen LogP contribution in [0.3, 0.4) is 0 Å². The Hall–Kier alpha value is -3.30. The maximum atomic E-state index is 12.5. The van der Waals surface area contributed by atoms with E-state index < -0.39 is 5.91 Å². The van der Waals surface area contributed by atoms with Crippen LogP contribution in [0.25, 0.3) is 10.9 Å². The number of hydrogen-bond donors (Lipinski definition) is 2. The number of amides is 1. The second-order valence-electron chi connectivity index (χ2n) is 6.77. The van der Waals surface area contributed by atoms with E-state index in [1.807, 2.05) is 11.6 Å². The lowest BCUT2D eigenvalue weighted by Crippen LogP contribution is -2.12. The highest BCUT2D eigenvalue weighted by Crippen LogP contribution is 2.22. The van der Waals surface area contributed by atoms with Gasteiger partial charge in [-0.3, -0.25) is 9.59 Å². The minimum Gasteiger partial charge on any atom is -0.486 e. The van der Waals surface area contributed by atoms with Gasteiger partial charge in [0, 0.05) is 46.0 Å². The number of halogens is 1. The topological polar surface area (TPSA) is 116 Å². The molecule has 0 atom stereocenters. The molecule has 0 aliphatic heterocycles. The van der Waals surface area contributed by atoms with Gasteiger partial charge in [-0.05, 0) is 42.5 Å². The smallest absolute Gasteiger partial charge is 0.248 e. The molecular formula is C21H18ClN5O3S. The van der Waals surface area contributed by atoms with Crippen molar-refractivity contribution in [3.63, 3.8) is 0 Å². The van der Waals surface area contributed by atoms with Crippen molar-refractivity contribution in [1.29, 1.82) is 0 Å². The minimum atomic E-state index is -0.570. The lowest BCUT2D eigenvalue weighted by atomic mass is 10.1. The van der Waals surface area contributed by atoms with Crippen molar-refractivity contribution in [2.24, 2.45) is 12.8 Å². The number of carbonyl (C=O) groups excluding carboxylic acids is 1. The number of rotatable bonds is 7. The summed E-state index contributed by atoms with van der Waals surface area (Å²) in [6.45, 7) is 0.265. The highest BCUT2D eigenvalue weighted by molar-refractivity contribution is 7.98. The molecule has 2 aromatic heterocycles. The fraction of sp³-hybridized carbons (Fsp3) is 0.143. The summed E-state index contributed by atoms with van der Waals surface area (Å²) in [5.74, 6) is 1.28. The molecule has 3 N–H and O–H groups in total. The number of thioether (sulfide) groups is 1. The average Bonchev–Trinajstić information content (AvgIpc) is 3.11. The number of primary amides is 1. The predicted molar refractivity (Wildman–Crippen MR) is 119 cm³/mol. The van der Waals surface area contributed by atoms with Gasteiger partial charge in [-0.1, -0.05) is 23.4 Å². The van der Waals surface area contributed by atoms with Crippen LogP contribution < -0.4 is 15.9 Å². The van der Waals surface area contributed by atoms with Gasteiger partial charge in [0.2, 0.25) is 5.91 Å². The number of nitrogens with two attached hydrogens (primary N) is 1. The quantitative estimate of drug-likeness (QED) is 0.413. The number of ether oxygens (including phenoxy) is 1. The summed E-state index contributed by atoms with van der Waals surface area (Å²) in [5, 5.41) is 10.1. The molecule has 0 saturated heterocycles. The summed E-state index contributed by atoms with van der Waals surface area (Å²) in [6.07, 6.45) is 0. The summed E-state index contributed by atoms with van der Waals surface area (Å²) in [5.41, 5.74) is 6.78. The zero-order chi connectivity index (χ0) is 22.0. The van der Waals surface area contributed by atoms with E-state index >= 15 is 0 Å². The maximum Gasteiger partial charge on any atom is 0.248 e. The van der Waals surface area contributed by atoms with Crippen LogP contribution in [-0.4, -0.2) is 25.7 Å². The predicted octanol–water partition coefficient (Wildman–Crippen LogP) is 3.28. The third-order valence-electron chi connectivity index (χ3n) is 4.63. The molecule has 158 valence electrons. The van der Waals surface area contributed by atoms with Crippen molar-refractivity contribution < 1.29 is 9.53 Å². The Morgan fingerprint density at radius 3 is 2.71 bits per heavy atom. The Morgan fingerprint density at radius 2 is 1.97 bits per heavy atom. The molecule has 0 unspecified atom stereocenters. The third-order valence-corrected chi connectivity index (χ3v) is 5.95. The molecule has 0 fully saturated rings. The maximum absolute atomic E-state index is 12.5. The first-order chi connectivity index (χ1) is 14.9. The summed E-state index contributed by atoms with van der Waals surface area (Å²) >= 11 is 7.32. The number of aromatic nitrogens is 4. The number of H-pyrrole nitrogens is 1. The van der Waals surface area contributed by atoms with E-state index in [4.69, 9.17) is 22.1 Å². The van der Waals surface area contributed by atoms with E-state index in [-0.39, 0.29) is 12.0 Å². The molecule has 0 aliphatic rings. The molecule has 4 rings (SSSR count). The molecule has 0 bridgehead atoms. The number of pyridine rings is 1. The van der Waals surface area contributed by atoms with Crippen molar-refractivity contribution in [2.75, 3.05) is 0 Å². The highest BCUT2D eigenvalue weighted by atomic mass is 35.5. The van der Waals surface area contributed by atoms with Gasteiger partial charge in [0.1, 0.15) is 12.4 Å².